The van der Waals surface area contributed by atoms with E-state index >= 15 is 0 Å². The lowest BCUT2D eigenvalue weighted by atomic mass is 9.96. The standard InChI is InChI=1S/C13H20O4/c1-5-17-9-13(2,14)11-7-6-10(15-3)8-12(11)16-4/h6-8,14H,5,9H2,1-4H3. The Hall–Kier alpha value is -1.26. The van der Waals surface area contributed by atoms with Crippen molar-refractivity contribution in [3.8, 4) is 11.5 Å². The van der Waals surface area contributed by atoms with Gasteiger partial charge in [0.05, 0.1) is 20.8 Å². The summed E-state index contributed by atoms with van der Waals surface area (Å²) < 4.78 is 15.6. The topological polar surface area (TPSA) is 47.9 Å². The Morgan fingerprint density at radius 2 is 1.94 bits per heavy atom. The summed E-state index contributed by atoms with van der Waals surface area (Å²) in [5.41, 5.74) is -0.387. The number of hydrogen-bond acceptors (Lipinski definition) is 4. The molecule has 17 heavy (non-hydrogen) atoms. The number of benzene rings is 1. The van der Waals surface area contributed by atoms with Crippen molar-refractivity contribution in [3.05, 3.63) is 23.8 Å². The number of aliphatic hydroxyl groups is 1. The molecule has 1 aromatic carbocycles. The van der Waals surface area contributed by atoms with E-state index in [9.17, 15) is 5.11 Å². The van der Waals surface area contributed by atoms with Crippen LogP contribution in [0.3, 0.4) is 0 Å². The minimum absolute atomic E-state index is 0.228. The summed E-state index contributed by atoms with van der Waals surface area (Å²) in [5.74, 6) is 1.28. The van der Waals surface area contributed by atoms with Gasteiger partial charge in [-0.05, 0) is 26.0 Å². The van der Waals surface area contributed by atoms with E-state index in [1.807, 2.05) is 6.92 Å². The van der Waals surface area contributed by atoms with E-state index in [1.165, 1.54) is 0 Å². The van der Waals surface area contributed by atoms with Crippen molar-refractivity contribution >= 4 is 0 Å². The van der Waals surface area contributed by atoms with Gasteiger partial charge in [-0.3, -0.25) is 0 Å². The maximum absolute atomic E-state index is 10.3. The zero-order chi connectivity index (χ0) is 12.9. The van der Waals surface area contributed by atoms with Gasteiger partial charge in [-0.15, -0.1) is 0 Å². The molecule has 0 saturated carbocycles. The molecule has 0 spiro atoms. The molecule has 96 valence electrons. The van der Waals surface area contributed by atoms with Gasteiger partial charge in [-0.1, -0.05) is 0 Å². The maximum atomic E-state index is 10.3. The molecule has 0 aromatic heterocycles. The minimum atomic E-state index is -1.08. The molecule has 0 radical (unpaired) electrons. The van der Waals surface area contributed by atoms with Crippen molar-refractivity contribution in [2.75, 3.05) is 27.4 Å². The molecule has 0 amide bonds. The molecule has 0 aliphatic heterocycles. The monoisotopic (exact) mass is 240 g/mol. The fourth-order valence-corrected chi connectivity index (χ4v) is 1.62. The SMILES string of the molecule is CCOCC(C)(O)c1ccc(OC)cc1OC. The zero-order valence-corrected chi connectivity index (χ0v) is 10.8. The highest BCUT2D eigenvalue weighted by atomic mass is 16.5. The van der Waals surface area contributed by atoms with E-state index < -0.39 is 5.60 Å². The van der Waals surface area contributed by atoms with Crippen LogP contribution < -0.4 is 9.47 Å². The fourth-order valence-electron chi connectivity index (χ4n) is 1.62. The summed E-state index contributed by atoms with van der Waals surface area (Å²) in [4.78, 5) is 0. The lowest BCUT2D eigenvalue weighted by Crippen LogP contribution is -2.28. The van der Waals surface area contributed by atoms with Crippen LogP contribution >= 0.6 is 0 Å². The van der Waals surface area contributed by atoms with Crippen molar-refractivity contribution in [2.24, 2.45) is 0 Å². The first-order chi connectivity index (χ1) is 8.05. The van der Waals surface area contributed by atoms with Crippen molar-refractivity contribution in [3.63, 3.8) is 0 Å². The van der Waals surface area contributed by atoms with E-state index in [0.29, 0.717) is 23.7 Å². The average molecular weight is 240 g/mol. The molecule has 0 aliphatic rings. The second-order valence-electron chi connectivity index (χ2n) is 3.98. The molecule has 1 unspecified atom stereocenters. The minimum Gasteiger partial charge on any atom is -0.497 e. The summed E-state index contributed by atoms with van der Waals surface area (Å²) in [6.45, 7) is 4.38. The Kier molecular flexibility index (Phi) is 4.78. The summed E-state index contributed by atoms with van der Waals surface area (Å²) in [5, 5.41) is 10.3. The van der Waals surface area contributed by atoms with Gasteiger partial charge in [-0.2, -0.15) is 0 Å². The van der Waals surface area contributed by atoms with E-state index in [4.69, 9.17) is 14.2 Å². The third kappa shape index (κ3) is 3.35. The number of hydrogen-bond donors (Lipinski definition) is 1. The van der Waals surface area contributed by atoms with Crippen molar-refractivity contribution in [1.29, 1.82) is 0 Å². The molecular formula is C13H20O4. The zero-order valence-electron chi connectivity index (χ0n) is 10.8. The molecule has 0 bridgehead atoms. The molecule has 0 heterocycles. The molecule has 0 fully saturated rings. The van der Waals surface area contributed by atoms with Gasteiger partial charge in [0, 0.05) is 18.2 Å². The molecule has 4 heteroatoms. The first-order valence-electron chi connectivity index (χ1n) is 5.57. The van der Waals surface area contributed by atoms with Crippen LogP contribution in [0.1, 0.15) is 19.4 Å². The van der Waals surface area contributed by atoms with Gasteiger partial charge < -0.3 is 19.3 Å². The van der Waals surface area contributed by atoms with Crippen LogP contribution in [0.2, 0.25) is 0 Å². The van der Waals surface area contributed by atoms with Crippen LogP contribution in [0, 0.1) is 0 Å². The van der Waals surface area contributed by atoms with E-state index in [0.717, 1.165) is 0 Å². The Bertz CT molecular complexity index is 360. The molecular weight excluding hydrogens is 220 g/mol. The van der Waals surface area contributed by atoms with Crippen LogP contribution in [-0.2, 0) is 10.3 Å². The highest BCUT2D eigenvalue weighted by molar-refractivity contribution is 5.43. The van der Waals surface area contributed by atoms with Crippen molar-refractivity contribution in [2.45, 2.75) is 19.4 Å². The number of ether oxygens (including phenoxy) is 3. The second-order valence-corrected chi connectivity index (χ2v) is 3.98. The quantitative estimate of drug-likeness (QED) is 0.825. The Morgan fingerprint density at radius 1 is 1.24 bits per heavy atom. The van der Waals surface area contributed by atoms with Crippen LogP contribution in [-0.4, -0.2) is 32.5 Å². The average Bonchev–Trinajstić information content (AvgIpc) is 2.35. The van der Waals surface area contributed by atoms with Gasteiger partial charge in [-0.25, -0.2) is 0 Å². The van der Waals surface area contributed by atoms with Gasteiger partial charge in [0.15, 0.2) is 0 Å². The summed E-state index contributed by atoms with van der Waals surface area (Å²) in [6.07, 6.45) is 0. The van der Waals surface area contributed by atoms with Gasteiger partial charge in [0.2, 0.25) is 0 Å². The lowest BCUT2D eigenvalue weighted by molar-refractivity contribution is -0.0356. The van der Waals surface area contributed by atoms with E-state index in [-0.39, 0.29) is 6.61 Å². The van der Waals surface area contributed by atoms with Gasteiger partial charge >= 0.3 is 0 Å². The summed E-state index contributed by atoms with van der Waals surface area (Å²) in [6, 6.07) is 5.32. The largest absolute Gasteiger partial charge is 0.497 e. The third-order valence-corrected chi connectivity index (χ3v) is 2.58. The maximum Gasteiger partial charge on any atom is 0.128 e. The van der Waals surface area contributed by atoms with E-state index in [2.05, 4.69) is 0 Å². The highest BCUT2D eigenvalue weighted by Gasteiger charge is 2.27. The lowest BCUT2D eigenvalue weighted by Gasteiger charge is -2.25. The van der Waals surface area contributed by atoms with Crippen LogP contribution in [0.25, 0.3) is 0 Å². The molecule has 1 atom stereocenters. The Balaban J connectivity index is 3.03. The van der Waals surface area contributed by atoms with Gasteiger partial charge in [0.25, 0.3) is 0 Å². The van der Waals surface area contributed by atoms with Crippen LogP contribution in [0.15, 0.2) is 18.2 Å². The van der Waals surface area contributed by atoms with Crippen LogP contribution in [0.5, 0.6) is 11.5 Å². The molecule has 0 saturated heterocycles. The normalized spacial score (nSPS) is 14.2. The predicted octanol–water partition coefficient (Wildman–Crippen LogP) is 1.95. The number of rotatable bonds is 6. The summed E-state index contributed by atoms with van der Waals surface area (Å²) >= 11 is 0. The highest BCUT2D eigenvalue weighted by Crippen LogP contribution is 2.33. The molecule has 1 aromatic rings. The molecule has 4 nitrogen and oxygen atoms in total. The van der Waals surface area contributed by atoms with Crippen molar-refractivity contribution < 1.29 is 19.3 Å². The number of methoxy groups -OCH3 is 2. The van der Waals surface area contributed by atoms with E-state index in [1.54, 1.807) is 39.3 Å². The smallest absolute Gasteiger partial charge is 0.128 e. The summed E-state index contributed by atoms with van der Waals surface area (Å²) in [7, 11) is 3.15. The predicted molar refractivity (Wildman–Crippen MR) is 65.6 cm³/mol. The van der Waals surface area contributed by atoms with Crippen LogP contribution in [0.4, 0.5) is 0 Å². The first-order valence-corrected chi connectivity index (χ1v) is 5.57. The fraction of sp³-hybridized carbons (Fsp3) is 0.538. The Labute approximate surface area is 102 Å². The van der Waals surface area contributed by atoms with Crippen molar-refractivity contribution in [1.82, 2.24) is 0 Å². The molecule has 1 rings (SSSR count). The third-order valence-electron chi connectivity index (χ3n) is 2.58. The van der Waals surface area contributed by atoms with Gasteiger partial charge in [0.1, 0.15) is 17.1 Å². The first kappa shape index (κ1) is 13.8. The Morgan fingerprint density at radius 3 is 2.47 bits per heavy atom. The molecule has 0 aliphatic carbocycles. The molecule has 1 N–H and O–H groups in total. The second kappa shape index (κ2) is 5.89.